The molecule has 2 saturated heterocycles. The second kappa shape index (κ2) is 7.61. The predicted octanol–water partition coefficient (Wildman–Crippen LogP) is 2.23. The molecule has 3 fully saturated rings. The van der Waals surface area contributed by atoms with Gasteiger partial charge in [0.2, 0.25) is 0 Å². The fourth-order valence-corrected chi connectivity index (χ4v) is 5.43. The van der Waals surface area contributed by atoms with Gasteiger partial charge in [0.25, 0.3) is 0 Å². The van der Waals surface area contributed by atoms with E-state index >= 15 is 0 Å². The molecule has 0 aromatic carbocycles. The molecule has 5 atom stereocenters. The summed E-state index contributed by atoms with van der Waals surface area (Å²) in [6.07, 6.45) is 6.25. The van der Waals surface area contributed by atoms with Crippen LogP contribution in [0.4, 0.5) is 0 Å². The summed E-state index contributed by atoms with van der Waals surface area (Å²) in [6, 6.07) is -0.0203. The monoisotopic (exact) mass is 436 g/mol. The first-order valence-electron chi connectivity index (χ1n) is 8.79. The number of hydrogen-bond acceptors (Lipinski definition) is 6. The Morgan fingerprint density at radius 2 is 2.13 bits per heavy atom. The number of ketones is 1. The molecule has 1 N–H and O–H groups in total. The van der Waals surface area contributed by atoms with Crippen molar-refractivity contribution in [3.63, 3.8) is 0 Å². The molecular weight excluding hydrogens is 409 g/mol. The van der Waals surface area contributed by atoms with E-state index in [1.54, 1.807) is 0 Å². The maximum atomic E-state index is 12.8. The van der Waals surface area contributed by atoms with Crippen LogP contribution in [0, 0.1) is 11.1 Å². The van der Waals surface area contributed by atoms with Crippen LogP contribution < -0.4 is 0 Å². The number of carbonyl (C=O) groups excluding carboxylic acids is 1. The summed E-state index contributed by atoms with van der Waals surface area (Å²) in [6.45, 7) is 4.92. The van der Waals surface area contributed by atoms with Crippen LogP contribution >= 0.6 is 22.6 Å². The number of nitrogens with zero attached hydrogens (tertiary/aromatic N) is 3. The van der Waals surface area contributed by atoms with E-state index in [4.69, 9.17) is 0 Å². The number of piperidine rings is 1. The van der Waals surface area contributed by atoms with Crippen LogP contribution in [0.1, 0.15) is 45.4 Å². The number of carbonyl (C=O) groups is 1. The molecule has 23 heavy (non-hydrogen) atoms. The molecule has 1 aliphatic carbocycles. The molecule has 0 bridgehead atoms. The molecule has 0 amide bonds. The van der Waals surface area contributed by atoms with Gasteiger partial charge >= 0.3 is 0 Å². The van der Waals surface area contributed by atoms with Gasteiger partial charge < -0.3 is 10.4 Å². The Morgan fingerprint density at radius 1 is 1.35 bits per heavy atom. The minimum atomic E-state index is -0.444. The summed E-state index contributed by atoms with van der Waals surface area (Å²) in [5, 5.41) is 20.6. The van der Waals surface area contributed by atoms with Crippen LogP contribution in [0.25, 0.3) is 0 Å². The van der Waals surface area contributed by atoms with Gasteiger partial charge in [-0.25, -0.2) is 0 Å². The van der Waals surface area contributed by atoms with Crippen molar-refractivity contribution in [1.29, 1.82) is 0 Å². The van der Waals surface area contributed by atoms with Gasteiger partial charge in [-0.05, 0) is 52.0 Å². The van der Waals surface area contributed by atoms with Gasteiger partial charge in [-0.3, -0.25) is 19.8 Å². The fourth-order valence-electron chi connectivity index (χ4n) is 4.50. The van der Waals surface area contributed by atoms with E-state index in [-0.39, 0.29) is 20.9 Å². The van der Waals surface area contributed by atoms with Crippen molar-refractivity contribution in [2.24, 2.45) is 5.92 Å². The summed E-state index contributed by atoms with van der Waals surface area (Å²) < 4.78 is 0.124. The minimum Gasteiger partial charge on any atom is -0.762 e. The highest BCUT2D eigenvalue weighted by Crippen LogP contribution is 2.34. The number of Topliss-reactive ketones (excluding diaryl/α,β-unsaturated/α-hetero) is 1. The predicted molar refractivity (Wildman–Crippen MR) is 96.3 cm³/mol. The van der Waals surface area contributed by atoms with E-state index in [0.717, 1.165) is 32.4 Å². The molecule has 3 rings (SSSR count). The zero-order valence-electron chi connectivity index (χ0n) is 13.7. The molecule has 0 aromatic rings. The number of fused-ring (bicyclic) bond motifs is 1. The van der Waals surface area contributed by atoms with E-state index in [1.807, 2.05) is 0 Å². The Hall–Kier alpha value is 0.200. The number of alkyl halides is 1. The molecular formula is C16H27IN3O3-. The Labute approximate surface area is 151 Å². The van der Waals surface area contributed by atoms with Gasteiger partial charge in [0.1, 0.15) is 5.78 Å². The maximum Gasteiger partial charge on any atom is 0.150 e. The summed E-state index contributed by atoms with van der Waals surface area (Å²) in [5.74, 6) is 0.166. The standard InChI is InChI=1S/C16H27IN3O3/c1-11-9-18-7-3-2-4-16(18)19(11)10-15(21)12-5-6-13(17)14(8-12)20(22)23/h11-14,16,22H,2-10H2,1H3/q-1. The minimum absolute atomic E-state index is 0.0674. The SMILES string of the molecule is CC1CN2CCCCC2N1CC(=O)C1CCC(I)C(N([O-])O)C1. The zero-order chi connectivity index (χ0) is 16.6. The van der Waals surface area contributed by atoms with Crippen LogP contribution in [-0.2, 0) is 4.79 Å². The van der Waals surface area contributed by atoms with Gasteiger partial charge in [0, 0.05) is 28.5 Å². The summed E-state index contributed by atoms with van der Waals surface area (Å²) >= 11 is 2.22. The van der Waals surface area contributed by atoms with E-state index < -0.39 is 6.04 Å². The molecule has 3 aliphatic rings. The smallest absolute Gasteiger partial charge is 0.150 e. The van der Waals surface area contributed by atoms with Gasteiger partial charge in [0.15, 0.2) is 0 Å². The Kier molecular flexibility index (Phi) is 5.96. The van der Waals surface area contributed by atoms with Crippen LogP contribution in [-0.4, -0.2) is 67.8 Å². The molecule has 5 unspecified atom stereocenters. The van der Waals surface area contributed by atoms with E-state index in [1.165, 1.54) is 12.8 Å². The average molecular weight is 436 g/mol. The highest BCUT2D eigenvalue weighted by atomic mass is 127. The number of rotatable bonds is 4. The van der Waals surface area contributed by atoms with Crippen molar-refractivity contribution >= 4 is 28.4 Å². The number of hydrogen-bond donors (Lipinski definition) is 1. The fraction of sp³-hybridized carbons (Fsp3) is 0.938. The van der Waals surface area contributed by atoms with Crippen LogP contribution in [0.15, 0.2) is 0 Å². The van der Waals surface area contributed by atoms with Crippen molar-refractivity contribution in [1.82, 2.24) is 15.0 Å². The van der Waals surface area contributed by atoms with Crippen molar-refractivity contribution < 1.29 is 10.0 Å². The molecule has 0 aromatic heterocycles. The van der Waals surface area contributed by atoms with E-state index in [0.29, 0.717) is 25.2 Å². The molecule has 0 radical (unpaired) electrons. The van der Waals surface area contributed by atoms with Crippen LogP contribution in [0.3, 0.4) is 0 Å². The lowest BCUT2D eigenvalue weighted by Crippen LogP contribution is -2.48. The quantitative estimate of drug-likeness (QED) is 0.414. The first-order valence-corrected chi connectivity index (χ1v) is 10.0. The lowest BCUT2D eigenvalue weighted by atomic mass is 9.83. The maximum absolute atomic E-state index is 12.8. The lowest BCUT2D eigenvalue weighted by Gasteiger charge is -2.41. The zero-order valence-corrected chi connectivity index (χ0v) is 15.9. The Balaban J connectivity index is 1.60. The lowest BCUT2D eigenvalue weighted by molar-refractivity contribution is -0.130. The van der Waals surface area contributed by atoms with Gasteiger partial charge in [0.05, 0.1) is 12.7 Å². The highest BCUT2D eigenvalue weighted by molar-refractivity contribution is 14.1. The first kappa shape index (κ1) is 18.0. The van der Waals surface area contributed by atoms with Crippen LogP contribution in [0.5, 0.6) is 0 Å². The Bertz CT molecular complexity index is 437. The van der Waals surface area contributed by atoms with Gasteiger partial charge in [-0.1, -0.05) is 22.6 Å². The number of halogens is 1. The third-order valence-electron chi connectivity index (χ3n) is 5.84. The second-order valence-corrected chi connectivity index (χ2v) is 8.95. The largest absolute Gasteiger partial charge is 0.762 e. The summed E-state index contributed by atoms with van der Waals surface area (Å²) in [7, 11) is 0. The first-order chi connectivity index (χ1) is 11.0. The molecule has 7 heteroatoms. The van der Waals surface area contributed by atoms with E-state index in [2.05, 4.69) is 39.3 Å². The summed E-state index contributed by atoms with van der Waals surface area (Å²) in [4.78, 5) is 17.7. The van der Waals surface area contributed by atoms with E-state index in [9.17, 15) is 15.2 Å². The normalized spacial score (nSPS) is 39.6. The molecule has 1 saturated carbocycles. The molecule has 132 valence electrons. The molecule has 2 aliphatic heterocycles. The third-order valence-corrected chi connectivity index (χ3v) is 7.29. The second-order valence-electron chi connectivity index (χ2n) is 7.35. The van der Waals surface area contributed by atoms with Crippen molar-refractivity contribution in [3.05, 3.63) is 5.21 Å². The topological polar surface area (TPSA) is 70.1 Å². The molecule has 2 heterocycles. The molecule has 6 nitrogen and oxygen atoms in total. The van der Waals surface area contributed by atoms with Gasteiger partial charge in [-0.2, -0.15) is 0 Å². The van der Waals surface area contributed by atoms with Crippen molar-refractivity contribution in [2.45, 2.75) is 67.6 Å². The number of hydroxylamine groups is 2. The van der Waals surface area contributed by atoms with Crippen LogP contribution in [0.2, 0.25) is 0 Å². The Morgan fingerprint density at radius 3 is 2.87 bits per heavy atom. The van der Waals surface area contributed by atoms with Crippen molar-refractivity contribution in [2.75, 3.05) is 19.6 Å². The highest BCUT2D eigenvalue weighted by Gasteiger charge is 2.41. The van der Waals surface area contributed by atoms with Crippen molar-refractivity contribution in [3.8, 4) is 0 Å². The van der Waals surface area contributed by atoms with Gasteiger partial charge in [-0.15, -0.1) is 0 Å². The third kappa shape index (κ3) is 3.90. The average Bonchev–Trinajstić information content (AvgIpc) is 2.83. The summed E-state index contributed by atoms with van der Waals surface area (Å²) in [5.41, 5.74) is 0. The molecule has 0 spiro atoms.